The van der Waals surface area contributed by atoms with Crippen LogP contribution in [0, 0.1) is 11.3 Å². The maximum absolute atomic E-state index is 11.4. The van der Waals surface area contributed by atoms with Crippen LogP contribution >= 0.6 is 11.8 Å². The molecule has 0 bridgehead atoms. The fourth-order valence-electron chi connectivity index (χ4n) is 1.64. The molecular formula is C12H16N2O2S. The van der Waals surface area contributed by atoms with Gasteiger partial charge in [0.1, 0.15) is 6.07 Å². The molecule has 1 aliphatic heterocycles. The second-order valence-corrected chi connectivity index (χ2v) is 4.51. The van der Waals surface area contributed by atoms with Gasteiger partial charge >= 0.3 is 5.97 Å². The molecule has 0 N–H and O–H groups in total. The molecule has 5 heteroatoms. The number of ether oxygens (including phenoxy) is 1. The summed E-state index contributed by atoms with van der Waals surface area (Å²) in [5.74, 6) is -0.562. The number of hydrogen-bond donors (Lipinski definition) is 0. The van der Waals surface area contributed by atoms with E-state index < -0.39 is 5.97 Å². The van der Waals surface area contributed by atoms with E-state index in [1.165, 1.54) is 18.9 Å². The Kier molecular flexibility index (Phi) is 4.64. The minimum atomic E-state index is -0.562. The standard InChI is InChI=1S/C12H16N2O2S/c1-5-14(6-2)11-8(3)10(17-11)9(7-13)12(15)16-4/h5-6H2,1-4H3/b10-9+. The van der Waals surface area contributed by atoms with Gasteiger partial charge in [-0.25, -0.2) is 4.79 Å². The number of methoxy groups -OCH3 is 1. The number of thioether (sulfide) groups is 1. The first-order chi connectivity index (χ1) is 8.10. The van der Waals surface area contributed by atoms with Crippen molar-refractivity contribution in [1.82, 2.24) is 4.90 Å². The van der Waals surface area contributed by atoms with Crippen molar-refractivity contribution < 1.29 is 9.53 Å². The van der Waals surface area contributed by atoms with E-state index >= 15 is 0 Å². The summed E-state index contributed by atoms with van der Waals surface area (Å²) in [6.07, 6.45) is 0. The van der Waals surface area contributed by atoms with Gasteiger partial charge in [0, 0.05) is 18.0 Å². The summed E-state index contributed by atoms with van der Waals surface area (Å²) < 4.78 is 4.59. The van der Waals surface area contributed by atoms with Crippen LogP contribution in [0.15, 0.2) is 21.1 Å². The maximum Gasteiger partial charge on any atom is 0.349 e. The van der Waals surface area contributed by atoms with E-state index in [4.69, 9.17) is 5.26 Å². The number of carbonyl (C=O) groups excluding carboxylic acids is 1. The molecule has 0 aromatic rings. The number of rotatable bonds is 4. The fraction of sp³-hybridized carbons (Fsp3) is 0.500. The Bertz CT molecular complexity index is 428. The second kappa shape index (κ2) is 5.78. The van der Waals surface area contributed by atoms with E-state index in [-0.39, 0.29) is 5.57 Å². The monoisotopic (exact) mass is 252 g/mol. The lowest BCUT2D eigenvalue weighted by Gasteiger charge is -2.33. The number of allylic oxidation sites excluding steroid dienone is 1. The predicted octanol–water partition coefficient (Wildman–Crippen LogP) is 2.26. The zero-order valence-corrected chi connectivity index (χ0v) is 11.3. The van der Waals surface area contributed by atoms with Crippen molar-refractivity contribution in [1.29, 1.82) is 5.26 Å². The number of nitriles is 1. The quantitative estimate of drug-likeness (QED) is 0.436. The second-order valence-electron chi connectivity index (χ2n) is 3.51. The summed E-state index contributed by atoms with van der Waals surface area (Å²) in [5, 5.41) is 10.1. The highest BCUT2D eigenvalue weighted by molar-refractivity contribution is 8.08. The summed E-state index contributed by atoms with van der Waals surface area (Å²) in [7, 11) is 1.29. The van der Waals surface area contributed by atoms with Crippen molar-refractivity contribution in [2.45, 2.75) is 20.8 Å². The molecule has 0 atom stereocenters. The Balaban J connectivity index is 3.05. The Morgan fingerprint density at radius 2 is 2.06 bits per heavy atom. The van der Waals surface area contributed by atoms with E-state index in [0.717, 1.165) is 28.6 Å². The average Bonchev–Trinajstić information content (AvgIpc) is 2.36. The van der Waals surface area contributed by atoms with Crippen LogP contribution in [-0.2, 0) is 9.53 Å². The van der Waals surface area contributed by atoms with Crippen molar-refractivity contribution in [3.8, 4) is 6.07 Å². The number of carbonyl (C=O) groups is 1. The SMILES string of the molecule is CCN(CC)C1=C(C)/C(=C(/C#N)C(=O)OC)S1. The van der Waals surface area contributed by atoms with Crippen LogP contribution < -0.4 is 0 Å². The first-order valence-corrected chi connectivity index (χ1v) is 6.29. The summed E-state index contributed by atoms with van der Waals surface area (Å²) >= 11 is 1.48. The highest BCUT2D eigenvalue weighted by Crippen LogP contribution is 2.48. The minimum Gasteiger partial charge on any atom is -0.465 e. The van der Waals surface area contributed by atoms with Gasteiger partial charge in [-0.2, -0.15) is 5.26 Å². The van der Waals surface area contributed by atoms with Crippen LogP contribution in [0.5, 0.6) is 0 Å². The van der Waals surface area contributed by atoms with Crippen LogP contribution in [-0.4, -0.2) is 31.1 Å². The van der Waals surface area contributed by atoms with Gasteiger partial charge in [-0.1, -0.05) is 11.8 Å². The number of esters is 1. The van der Waals surface area contributed by atoms with Crippen LogP contribution in [0.1, 0.15) is 20.8 Å². The van der Waals surface area contributed by atoms with Gasteiger partial charge in [0.05, 0.1) is 12.1 Å². The molecule has 1 aliphatic rings. The van der Waals surface area contributed by atoms with Crippen LogP contribution in [0.4, 0.5) is 0 Å². The van der Waals surface area contributed by atoms with Crippen LogP contribution in [0.3, 0.4) is 0 Å². The third kappa shape index (κ3) is 2.47. The van der Waals surface area contributed by atoms with Gasteiger partial charge in [-0.05, 0) is 26.3 Å². The molecule has 0 unspecified atom stereocenters. The van der Waals surface area contributed by atoms with Crippen LogP contribution in [0.25, 0.3) is 0 Å². The molecule has 0 spiro atoms. The first-order valence-electron chi connectivity index (χ1n) is 5.47. The molecule has 0 saturated heterocycles. The summed E-state index contributed by atoms with van der Waals surface area (Å²) in [6, 6.07) is 1.91. The minimum absolute atomic E-state index is 0.103. The topological polar surface area (TPSA) is 53.3 Å². The van der Waals surface area contributed by atoms with Gasteiger partial charge in [-0.3, -0.25) is 0 Å². The molecule has 1 rings (SSSR count). The maximum atomic E-state index is 11.4. The van der Waals surface area contributed by atoms with E-state index in [9.17, 15) is 4.79 Å². The molecule has 0 aromatic carbocycles. The smallest absolute Gasteiger partial charge is 0.349 e. The summed E-state index contributed by atoms with van der Waals surface area (Å²) in [5.41, 5.74) is 1.10. The third-order valence-electron chi connectivity index (χ3n) is 2.64. The third-order valence-corrected chi connectivity index (χ3v) is 4.11. The largest absolute Gasteiger partial charge is 0.465 e. The highest BCUT2D eigenvalue weighted by atomic mass is 32.2. The van der Waals surface area contributed by atoms with Gasteiger partial charge in [0.2, 0.25) is 0 Å². The highest BCUT2D eigenvalue weighted by Gasteiger charge is 2.30. The van der Waals surface area contributed by atoms with E-state index in [2.05, 4.69) is 23.5 Å². The van der Waals surface area contributed by atoms with Crippen molar-refractivity contribution in [3.63, 3.8) is 0 Å². The zero-order valence-electron chi connectivity index (χ0n) is 10.5. The normalized spacial score (nSPS) is 17.1. The Labute approximate surface area is 106 Å². The molecule has 0 amide bonds. The molecule has 92 valence electrons. The molecule has 0 radical (unpaired) electrons. The van der Waals surface area contributed by atoms with Crippen molar-refractivity contribution >= 4 is 17.7 Å². The van der Waals surface area contributed by atoms with Gasteiger partial charge in [-0.15, -0.1) is 0 Å². The zero-order chi connectivity index (χ0) is 13.0. The lowest BCUT2D eigenvalue weighted by molar-refractivity contribution is -0.135. The fourth-order valence-corrected chi connectivity index (χ4v) is 2.81. The Morgan fingerprint density at radius 3 is 2.41 bits per heavy atom. The molecule has 0 aliphatic carbocycles. The summed E-state index contributed by atoms with van der Waals surface area (Å²) in [6.45, 7) is 7.93. The van der Waals surface area contributed by atoms with Crippen molar-refractivity contribution in [2.75, 3.05) is 20.2 Å². The molecule has 0 aromatic heterocycles. The first kappa shape index (κ1) is 13.7. The molecule has 4 nitrogen and oxygen atoms in total. The lowest BCUT2D eigenvalue weighted by atomic mass is 10.1. The predicted molar refractivity (Wildman–Crippen MR) is 67.9 cm³/mol. The van der Waals surface area contributed by atoms with E-state index in [1.54, 1.807) is 0 Å². The molecule has 1 heterocycles. The van der Waals surface area contributed by atoms with Crippen LogP contribution in [0.2, 0.25) is 0 Å². The van der Waals surface area contributed by atoms with E-state index in [1.807, 2.05) is 13.0 Å². The van der Waals surface area contributed by atoms with Gasteiger partial charge < -0.3 is 9.64 Å². The van der Waals surface area contributed by atoms with Crippen molar-refractivity contribution in [3.05, 3.63) is 21.1 Å². The van der Waals surface area contributed by atoms with Gasteiger partial charge in [0.25, 0.3) is 0 Å². The molecular weight excluding hydrogens is 236 g/mol. The van der Waals surface area contributed by atoms with Gasteiger partial charge in [0.15, 0.2) is 5.57 Å². The van der Waals surface area contributed by atoms with Crippen molar-refractivity contribution in [2.24, 2.45) is 0 Å². The summed E-state index contributed by atoms with van der Waals surface area (Å²) in [4.78, 5) is 14.3. The average molecular weight is 252 g/mol. The number of hydrogen-bond acceptors (Lipinski definition) is 5. The molecule has 17 heavy (non-hydrogen) atoms. The molecule has 0 saturated carbocycles. The number of nitrogens with zero attached hydrogens (tertiary/aromatic N) is 2. The lowest BCUT2D eigenvalue weighted by Crippen LogP contribution is -2.26. The Hall–Kier alpha value is -1.41. The Morgan fingerprint density at radius 1 is 1.47 bits per heavy atom. The molecule has 0 fully saturated rings. The van der Waals surface area contributed by atoms with E-state index in [0.29, 0.717) is 0 Å².